The van der Waals surface area contributed by atoms with Crippen LogP contribution in [0.15, 0.2) is 24.3 Å². The molecule has 0 unspecified atom stereocenters. The molecule has 0 aliphatic rings. The van der Waals surface area contributed by atoms with Crippen LogP contribution in [0.3, 0.4) is 0 Å². The number of rotatable bonds is 3. The van der Waals surface area contributed by atoms with E-state index in [0.717, 1.165) is 16.6 Å². The van der Waals surface area contributed by atoms with Crippen molar-refractivity contribution in [2.24, 2.45) is 0 Å². The molecule has 1 N–H and O–H groups in total. The number of carbonyl (C=O) groups is 1. The zero-order valence-corrected chi connectivity index (χ0v) is 11.2. The Morgan fingerprint density at radius 2 is 2.06 bits per heavy atom. The summed E-state index contributed by atoms with van der Waals surface area (Å²) < 4.78 is 4.79. The minimum absolute atomic E-state index is 0.362. The van der Waals surface area contributed by atoms with Crippen molar-refractivity contribution in [3.05, 3.63) is 40.0 Å². The maximum Gasteiger partial charge on any atom is 0.330 e. The number of halogens is 2. The summed E-state index contributed by atoms with van der Waals surface area (Å²) in [4.78, 5) is 14.3. The highest BCUT2D eigenvalue weighted by Gasteiger charge is 2.04. The molecule has 2 aromatic rings. The minimum atomic E-state index is -0.368. The minimum Gasteiger partial charge on any atom is -0.463 e. The second-order valence-electron chi connectivity index (χ2n) is 3.66. The number of fused-ring (bicyclic) bond motifs is 1. The molecule has 18 heavy (non-hydrogen) atoms. The van der Waals surface area contributed by atoms with Gasteiger partial charge in [-0.2, -0.15) is 0 Å². The molecule has 2 rings (SSSR count). The molecule has 1 heterocycles. The van der Waals surface area contributed by atoms with Crippen molar-refractivity contribution in [2.45, 2.75) is 6.92 Å². The Balaban J connectivity index is 2.28. The van der Waals surface area contributed by atoms with Gasteiger partial charge in [0.1, 0.15) is 0 Å². The molecule has 5 heteroatoms. The molecule has 94 valence electrons. The summed E-state index contributed by atoms with van der Waals surface area (Å²) in [5.74, 6) is -0.368. The van der Waals surface area contributed by atoms with Crippen molar-refractivity contribution >= 4 is 46.2 Å². The quantitative estimate of drug-likeness (QED) is 0.682. The van der Waals surface area contributed by atoms with Gasteiger partial charge in [0.25, 0.3) is 0 Å². The summed E-state index contributed by atoms with van der Waals surface area (Å²) in [7, 11) is 0. The molecule has 0 spiro atoms. The summed E-state index contributed by atoms with van der Waals surface area (Å²) >= 11 is 11.8. The Morgan fingerprint density at radius 1 is 1.33 bits per heavy atom. The maximum atomic E-state index is 11.2. The second kappa shape index (κ2) is 5.46. The topological polar surface area (TPSA) is 42.1 Å². The van der Waals surface area contributed by atoms with Crippen LogP contribution in [0.25, 0.3) is 17.0 Å². The number of aromatic nitrogens is 1. The van der Waals surface area contributed by atoms with E-state index in [-0.39, 0.29) is 5.97 Å². The van der Waals surface area contributed by atoms with Gasteiger partial charge in [0.05, 0.1) is 16.7 Å². The van der Waals surface area contributed by atoms with Gasteiger partial charge >= 0.3 is 5.97 Å². The Bertz CT molecular complexity index is 578. The smallest absolute Gasteiger partial charge is 0.330 e. The number of esters is 1. The van der Waals surface area contributed by atoms with E-state index in [1.165, 1.54) is 6.08 Å². The molecule has 3 nitrogen and oxygen atoms in total. The van der Waals surface area contributed by atoms with Gasteiger partial charge in [0.2, 0.25) is 0 Å². The molecule has 0 fully saturated rings. The average molecular weight is 284 g/mol. The standard InChI is InChI=1S/C13H11Cl2NO2/c1-2-18-13(17)4-3-9-5-8-6-10(14)11(15)7-12(8)16-9/h3-7,16H,2H2,1H3. The predicted octanol–water partition coefficient (Wildman–Crippen LogP) is 4.05. The van der Waals surface area contributed by atoms with Gasteiger partial charge in [-0.25, -0.2) is 4.79 Å². The fourth-order valence-electron chi connectivity index (χ4n) is 1.59. The van der Waals surface area contributed by atoms with Gasteiger partial charge in [-0.1, -0.05) is 23.2 Å². The molecule has 0 aliphatic carbocycles. The fourth-order valence-corrected chi connectivity index (χ4v) is 1.92. The van der Waals surface area contributed by atoms with Crippen LogP contribution in [-0.2, 0) is 9.53 Å². The fraction of sp³-hybridized carbons (Fsp3) is 0.154. The molecule has 1 aromatic carbocycles. The third-order valence-corrected chi connectivity index (χ3v) is 3.09. The second-order valence-corrected chi connectivity index (χ2v) is 4.48. The van der Waals surface area contributed by atoms with Gasteiger partial charge in [0.15, 0.2) is 0 Å². The summed E-state index contributed by atoms with van der Waals surface area (Å²) in [5, 5.41) is 1.93. The van der Waals surface area contributed by atoms with Crippen LogP contribution in [0.5, 0.6) is 0 Å². The lowest BCUT2D eigenvalue weighted by atomic mass is 10.2. The molecule has 0 radical (unpaired) electrons. The molecule has 0 bridgehead atoms. The van der Waals surface area contributed by atoms with Crippen LogP contribution in [0.2, 0.25) is 10.0 Å². The molecule has 0 saturated heterocycles. The Morgan fingerprint density at radius 3 is 2.78 bits per heavy atom. The lowest BCUT2D eigenvalue weighted by Crippen LogP contribution is -1.98. The van der Waals surface area contributed by atoms with E-state index in [0.29, 0.717) is 16.7 Å². The average Bonchev–Trinajstić information content (AvgIpc) is 2.69. The van der Waals surface area contributed by atoms with Crippen LogP contribution in [0.1, 0.15) is 12.6 Å². The van der Waals surface area contributed by atoms with E-state index in [2.05, 4.69) is 4.98 Å². The molecule has 0 saturated carbocycles. The van der Waals surface area contributed by atoms with Crippen LogP contribution < -0.4 is 0 Å². The number of hydrogen-bond donors (Lipinski definition) is 1. The van der Waals surface area contributed by atoms with Crippen molar-refractivity contribution in [3.8, 4) is 0 Å². The number of aromatic amines is 1. The predicted molar refractivity (Wildman–Crippen MR) is 74.0 cm³/mol. The maximum absolute atomic E-state index is 11.2. The Labute approximate surface area is 114 Å². The zero-order chi connectivity index (χ0) is 13.1. The molecule has 1 aromatic heterocycles. The summed E-state index contributed by atoms with van der Waals surface area (Å²) in [6.45, 7) is 2.12. The Hall–Kier alpha value is -1.45. The van der Waals surface area contributed by atoms with Crippen molar-refractivity contribution in [2.75, 3.05) is 6.61 Å². The van der Waals surface area contributed by atoms with Crippen LogP contribution in [0, 0.1) is 0 Å². The highest BCUT2D eigenvalue weighted by atomic mass is 35.5. The number of H-pyrrole nitrogens is 1. The number of ether oxygens (including phenoxy) is 1. The van der Waals surface area contributed by atoms with E-state index < -0.39 is 0 Å². The first-order valence-corrected chi connectivity index (χ1v) is 6.18. The van der Waals surface area contributed by atoms with Gasteiger partial charge in [-0.3, -0.25) is 0 Å². The first-order chi connectivity index (χ1) is 8.60. The molecule has 0 amide bonds. The number of nitrogens with one attached hydrogen (secondary N) is 1. The lowest BCUT2D eigenvalue weighted by Gasteiger charge is -1.94. The van der Waals surface area contributed by atoms with Crippen molar-refractivity contribution in [3.63, 3.8) is 0 Å². The highest BCUT2D eigenvalue weighted by molar-refractivity contribution is 6.42. The monoisotopic (exact) mass is 283 g/mol. The summed E-state index contributed by atoms with van der Waals surface area (Å²) in [5.41, 5.74) is 1.66. The third-order valence-electron chi connectivity index (χ3n) is 2.37. The van der Waals surface area contributed by atoms with E-state index >= 15 is 0 Å². The molecular weight excluding hydrogens is 273 g/mol. The van der Waals surface area contributed by atoms with E-state index in [1.54, 1.807) is 25.1 Å². The van der Waals surface area contributed by atoms with Gasteiger partial charge < -0.3 is 9.72 Å². The number of carbonyl (C=O) groups excluding carboxylic acids is 1. The molecule has 0 atom stereocenters. The SMILES string of the molecule is CCOC(=O)C=Cc1cc2cc(Cl)c(Cl)cc2[nH]1. The van der Waals surface area contributed by atoms with E-state index in [9.17, 15) is 4.79 Å². The van der Waals surface area contributed by atoms with Crippen molar-refractivity contribution in [1.82, 2.24) is 4.98 Å². The Kier molecular flexibility index (Phi) is 3.94. The zero-order valence-electron chi connectivity index (χ0n) is 9.67. The van der Waals surface area contributed by atoms with E-state index in [4.69, 9.17) is 27.9 Å². The van der Waals surface area contributed by atoms with E-state index in [1.807, 2.05) is 6.07 Å². The van der Waals surface area contributed by atoms with Crippen LogP contribution >= 0.6 is 23.2 Å². The third kappa shape index (κ3) is 2.86. The molecule has 0 aliphatic heterocycles. The highest BCUT2D eigenvalue weighted by Crippen LogP contribution is 2.28. The first kappa shape index (κ1) is 13.0. The first-order valence-electron chi connectivity index (χ1n) is 5.42. The largest absolute Gasteiger partial charge is 0.463 e. The van der Waals surface area contributed by atoms with Gasteiger partial charge in [-0.05, 0) is 31.2 Å². The summed E-state index contributed by atoms with van der Waals surface area (Å²) in [6, 6.07) is 5.41. The van der Waals surface area contributed by atoms with Crippen LogP contribution in [-0.4, -0.2) is 17.6 Å². The van der Waals surface area contributed by atoms with Crippen molar-refractivity contribution < 1.29 is 9.53 Å². The normalized spacial score (nSPS) is 11.3. The van der Waals surface area contributed by atoms with Gasteiger partial charge in [-0.15, -0.1) is 0 Å². The number of benzene rings is 1. The van der Waals surface area contributed by atoms with Crippen LogP contribution in [0.4, 0.5) is 0 Å². The lowest BCUT2D eigenvalue weighted by molar-refractivity contribution is -0.137. The van der Waals surface area contributed by atoms with Gasteiger partial charge in [0, 0.05) is 22.7 Å². The molecular formula is C13H11Cl2NO2. The van der Waals surface area contributed by atoms with Crippen molar-refractivity contribution in [1.29, 1.82) is 0 Å². The summed E-state index contributed by atoms with van der Waals surface area (Å²) in [6.07, 6.45) is 3.03. The number of hydrogen-bond acceptors (Lipinski definition) is 2.